The van der Waals surface area contributed by atoms with Gasteiger partial charge in [0.25, 0.3) is 5.91 Å². The van der Waals surface area contributed by atoms with E-state index in [9.17, 15) is 4.79 Å². The summed E-state index contributed by atoms with van der Waals surface area (Å²) >= 11 is 6.45. The Kier molecular flexibility index (Phi) is 5.06. The van der Waals surface area contributed by atoms with Crippen molar-refractivity contribution in [1.82, 2.24) is 0 Å². The van der Waals surface area contributed by atoms with Gasteiger partial charge in [-0.05, 0) is 47.0 Å². The quantitative estimate of drug-likeness (QED) is 0.396. The molecular weight excluding hydrogens is 410 g/mol. The van der Waals surface area contributed by atoms with E-state index in [4.69, 9.17) is 21.1 Å². The molecule has 0 radical (unpaired) electrons. The number of halogens is 1. The second kappa shape index (κ2) is 8.17. The minimum Gasteiger partial charge on any atom is -0.454 e. The van der Waals surface area contributed by atoms with E-state index in [1.54, 1.807) is 30.3 Å². The van der Waals surface area contributed by atoms with Crippen LogP contribution in [0.25, 0.3) is 22.3 Å². The van der Waals surface area contributed by atoms with Crippen molar-refractivity contribution in [2.24, 2.45) is 0 Å². The van der Waals surface area contributed by atoms with Gasteiger partial charge in [0.2, 0.25) is 6.79 Å². The van der Waals surface area contributed by atoms with Crippen LogP contribution in [0.3, 0.4) is 0 Å². The van der Waals surface area contributed by atoms with E-state index in [1.807, 2.05) is 36.4 Å². The van der Waals surface area contributed by atoms with Crippen LogP contribution in [0, 0.1) is 0 Å². The molecule has 5 rings (SSSR count). The van der Waals surface area contributed by atoms with Gasteiger partial charge < -0.3 is 14.8 Å². The van der Waals surface area contributed by atoms with Gasteiger partial charge in [0, 0.05) is 27.9 Å². The molecule has 4 nitrogen and oxygen atoms in total. The fourth-order valence-corrected chi connectivity index (χ4v) is 3.76. The monoisotopic (exact) mass is 427 g/mol. The van der Waals surface area contributed by atoms with Gasteiger partial charge in [-0.25, -0.2) is 0 Å². The number of fused-ring (bicyclic) bond motifs is 1. The predicted molar refractivity (Wildman–Crippen MR) is 123 cm³/mol. The third-order valence-electron chi connectivity index (χ3n) is 5.16. The summed E-state index contributed by atoms with van der Waals surface area (Å²) in [5.74, 6) is 1.07. The van der Waals surface area contributed by atoms with Crippen molar-refractivity contribution in [3.63, 3.8) is 0 Å². The number of anilines is 1. The molecule has 0 saturated carbocycles. The number of hydrogen-bond donors (Lipinski definition) is 1. The Morgan fingerprint density at radius 2 is 1.45 bits per heavy atom. The van der Waals surface area contributed by atoms with E-state index in [0.717, 1.165) is 22.3 Å². The van der Waals surface area contributed by atoms with Gasteiger partial charge in [-0.1, -0.05) is 66.2 Å². The Labute approximate surface area is 185 Å². The Balaban J connectivity index is 1.39. The summed E-state index contributed by atoms with van der Waals surface area (Å²) in [4.78, 5) is 12.8. The van der Waals surface area contributed by atoms with E-state index in [2.05, 4.69) is 29.6 Å². The molecule has 1 N–H and O–H groups in total. The fraction of sp³-hybridized carbons (Fsp3) is 0.0385. The largest absolute Gasteiger partial charge is 0.454 e. The second-order valence-electron chi connectivity index (χ2n) is 7.16. The second-order valence-corrected chi connectivity index (χ2v) is 7.57. The van der Waals surface area contributed by atoms with Gasteiger partial charge in [-0.3, -0.25) is 4.79 Å². The van der Waals surface area contributed by atoms with Crippen molar-refractivity contribution in [2.45, 2.75) is 0 Å². The molecule has 0 aromatic heterocycles. The Morgan fingerprint density at radius 1 is 0.742 bits per heavy atom. The Bertz CT molecular complexity index is 1250. The molecular formula is C26H18ClNO3. The summed E-state index contributed by atoms with van der Waals surface area (Å²) in [5, 5.41) is 3.49. The average molecular weight is 428 g/mol. The van der Waals surface area contributed by atoms with Gasteiger partial charge in [0.1, 0.15) is 0 Å². The zero-order valence-corrected chi connectivity index (χ0v) is 17.2. The van der Waals surface area contributed by atoms with Crippen LogP contribution in [-0.4, -0.2) is 12.7 Å². The number of carbonyl (C=O) groups excluding carboxylic acids is 1. The fourth-order valence-electron chi connectivity index (χ4n) is 3.54. The zero-order valence-electron chi connectivity index (χ0n) is 16.5. The molecule has 0 unspecified atom stereocenters. The number of hydrogen-bond acceptors (Lipinski definition) is 3. The summed E-state index contributed by atoms with van der Waals surface area (Å²) in [5.41, 5.74) is 5.18. The Morgan fingerprint density at radius 3 is 2.26 bits per heavy atom. The van der Waals surface area contributed by atoms with Crippen LogP contribution in [0.15, 0.2) is 91.0 Å². The normalized spacial score (nSPS) is 11.9. The summed E-state index contributed by atoms with van der Waals surface area (Å²) in [7, 11) is 0. The number of carbonyl (C=O) groups is 1. The molecule has 1 heterocycles. The third kappa shape index (κ3) is 3.98. The summed E-state index contributed by atoms with van der Waals surface area (Å²) < 4.78 is 10.7. The topological polar surface area (TPSA) is 47.6 Å². The zero-order chi connectivity index (χ0) is 21.2. The lowest BCUT2D eigenvalue weighted by molar-refractivity contribution is 0.102. The molecule has 152 valence electrons. The van der Waals surface area contributed by atoms with E-state index in [-0.39, 0.29) is 12.7 Å². The van der Waals surface area contributed by atoms with Crippen molar-refractivity contribution in [2.75, 3.05) is 12.1 Å². The molecule has 0 saturated heterocycles. The van der Waals surface area contributed by atoms with Crippen molar-refractivity contribution >= 4 is 23.2 Å². The number of nitrogens with one attached hydrogen (secondary N) is 1. The first kappa shape index (κ1) is 19.2. The average Bonchev–Trinajstić information content (AvgIpc) is 3.28. The number of amides is 1. The molecule has 0 spiro atoms. The van der Waals surface area contributed by atoms with Crippen LogP contribution in [0.5, 0.6) is 11.5 Å². The van der Waals surface area contributed by atoms with Crippen LogP contribution in [0.1, 0.15) is 10.4 Å². The summed E-state index contributed by atoms with van der Waals surface area (Å²) in [6, 6.07) is 28.9. The maximum absolute atomic E-state index is 12.8. The lowest BCUT2D eigenvalue weighted by Gasteiger charge is -2.10. The SMILES string of the molecule is O=C(Nc1ccc2c(c1)OCO2)c1ccc(Cl)c(-c2ccc(-c3ccccc3)cc2)c1. The van der Waals surface area contributed by atoms with Gasteiger partial charge in [-0.2, -0.15) is 0 Å². The van der Waals surface area contributed by atoms with Crippen molar-refractivity contribution < 1.29 is 14.3 Å². The van der Waals surface area contributed by atoms with E-state index in [0.29, 0.717) is 27.8 Å². The molecule has 0 bridgehead atoms. The molecule has 0 fully saturated rings. The van der Waals surface area contributed by atoms with Crippen molar-refractivity contribution in [1.29, 1.82) is 0 Å². The molecule has 4 aromatic rings. The standard InChI is InChI=1S/C26H18ClNO3/c27-23-12-10-20(26(29)28-21-11-13-24-25(15-21)31-16-30-24)14-22(23)19-8-6-18(7-9-19)17-4-2-1-3-5-17/h1-15H,16H2,(H,28,29). The number of ether oxygens (including phenoxy) is 2. The lowest BCUT2D eigenvalue weighted by atomic mass is 9.99. The molecule has 1 aliphatic rings. The number of rotatable bonds is 4. The van der Waals surface area contributed by atoms with Crippen LogP contribution in [0.4, 0.5) is 5.69 Å². The molecule has 0 atom stereocenters. The highest BCUT2D eigenvalue weighted by molar-refractivity contribution is 6.33. The van der Waals surface area contributed by atoms with Gasteiger partial charge in [0.15, 0.2) is 11.5 Å². The Hall–Kier alpha value is -3.76. The van der Waals surface area contributed by atoms with Gasteiger partial charge in [0.05, 0.1) is 0 Å². The maximum atomic E-state index is 12.8. The van der Waals surface area contributed by atoms with Crippen LogP contribution in [0.2, 0.25) is 5.02 Å². The van der Waals surface area contributed by atoms with Gasteiger partial charge in [-0.15, -0.1) is 0 Å². The predicted octanol–water partition coefficient (Wildman–Crippen LogP) is 6.66. The van der Waals surface area contributed by atoms with E-state index >= 15 is 0 Å². The first-order valence-corrected chi connectivity index (χ1v) is 10.2. The van der Waals surface area contributed by atoms with Crippen LogP contribution < -0.4 is 14.8 Å². The molecule has 1 amide bonds. The number of benzene rings is 4. The smallest absolute Gasteiger partial charge is 0.255 e. The molecule has 1 aliphatic heterocycles. The van der Waals surface area contributed by atoms with Crippen LogP contribution in [-0.2, 0) is 0 Å². The minimum atomic E-state index is -0.224. The van der Waals surface area contributed by atoms with E-state index < -0.39 is 0 Å². The summed E-state index contributed by atoms with van der Waals surface area (Å²) in [6.45, 7) is 0.191. The van der Waals surface area contributed by atoms with Gasteiger partial charge >= 0.3 is 0 Å². The molecule has 5 heteroatoms. The third-order valence-corrected chi connectivity index (χ3v) is 5.49. The van der Waals surface area contributed by atoms with E-state index in [1.165, 1.54) is 0 Å². The van der Waals surface area contributed by atoms with Crippen LogP contribution >= 0.6 is 11.6 Å². The van der Waals surface area contributed by atoms with Crippen molar-refractivity contribution in [3.8, 4) is 33.8 Å². The molecule has 31 heavy (non-hydrogen) atoms. The molecule has 4 aromatic carbocycles. The molecule has 0 aliphatic carbocycles. The minimum absolute atomic E-state index is 0.191. The maximum Gasteiger partial charge on any atom is 0.255 e. The first-order valence-electron chi connectivity index (χ1n) is 9.84. The first-order chi connectivity index (χ1) is 15.2. The highest BCUT2D eigenvalue weighted by Crippen LogP contribution is 2.35. The lowest BCUT2D eigenvalue weighted by Crippen LogP contribution is -2.11. The summed E-state index contributed by atoms with van der Waals surface area (Å²) in [6.07, 6.45) is 0. The highest BCUT2D eigenvalue weighted by Gasteiger charge is 2.15. The highest BCUT2D eigenvalue weighted by atomic mass is 35.5. The van der Waals surface area contributed by atoms with Crippen molar-refractivity contribution in [3.05, 3.63) is 102 Å².